The highest BCUT2D eigenvalue weighted by atomic mass is 16.4. The van der Waals surface area contributed by atoms with Crippen LogP contribution in [-0.2, 0) is 4.79 Å². The molecule has 0 aliphatic rings. The van der Waals surface area contributed by atoms with Crippen LogP contribution in [0.2, 0.25) is 0 Å². The molecule has 0 heterocycles. The molecular formula is C22H24N4O3. The third kappa shape index (κ3) is 5.59. The molecule has 150 valence electrons. The molecule has 0 radical (unpaired) electrons. The van der Waals surface area contributed by atoms with Gasteiger partial charge in [0.2, 0.25) is 0 Å². The summed E-state index contributed by atoms with van der Waals surface area (Å²) >= 11 is 0. The fourth-order valence-corrected chi connectivity index (χ4v) is 2.82. The van der Waals surface area contributed by atoms with Crippen molar-refractivity contribution >= 4 is 28.9 Å². The summed E-state index contributed by atoms with van der Waals surface area (Å²) in [4.78, 5) is 25.6. The molecule has 7 nitrogen and oxygen atoms in total. The standard InChI is InChI=1S/C22H24N4O3/c1-4-26(5-2)19-9-10-20(15(3)11-19)24-14-17(13-23)21(27)25-18-8-6-7-16(12-18)22(28)29/h6-12,14,24H,4-5H2,1-3H3,(H,25,27)(H,28,29)/b17-14-. The van der Waals surface area contributed by atoms with E-state index in [2.05, 4.69) is 29.4 Å². The van der Waals surface area contributed by atoms with Crippen molar-refractivity contribution < 1.29 is 14.7 Å². The van der Waals surface area contributed by atoms with Gasteiger partial charge in [-0.25, -0.2) is 4.79 Å². The Morgan fingerprint density at radius 3 is 2.48 bits per heavy atom. The number of carboxylic acid groups (broad SMARTS) is 1. The topological polar surface area (TPSA) is 105 Å². The number of nitriles is 1. The second kappa shape index (κ2) is 9.95. The SMILES string of the molecule is CCN(CC)c1ccc(N/C=C(/C#N)C(=O)Nc2cccc(C(=O)O)c2)c(C)c1. The van der Waals surface area contributed by atoms with E-state index in [4.69, 9.17) is 5.11 Å². The van der Waals surface area contributed by atoms with Crippen molar-refractivity contribution in [3.8, 4) is 6.07 Å². The van der Waals surface area contributed by atoms with Crippen LogP contribution in [-0.4, -0.2) is 30.1 Å². The molecule has 2 aromatic rings. The molecule has 29 heavy (non-hydrogen) atoms. The minimum absolute atomic E-state index is 0.0485. The Kier molecular flexibility index (Phi) is 7.38. The molecule has 0 atom stereocenters. The first-order chi connectivity index (χ1) is 13.9. The van der Waals surface area contributed by atoms with Gasteiger partial charge in [-0.1, -0.05) is 6.07 Å². The zero-order valence-electron chi connectivity index (χ0n) is 16.7. The Bertz CT molecular complexity index is 972. The van der Waals surface area contributed by atoms with E-state index in [9.17, 15) is 14.9 Å². The Morgan fingerprint density at radius 1 is 1.17 bits per heavy atom. The number of carbonyl (C=O) groups excluding carboxylic acids is 1. The fourth-order valence-electron chi connectivity index (χ4n) is 2.82. The summed E-state index contributed by atoms with van der Waals surface area (Å²) in [6.07, 6.45) is 1.34. The highest BCUT2D eigenvalue weighted by Crippen LogP contribution is 2.23. The molecule has 7 heteroatoms. The van der Waals surface area contributed by atoms with Gasteiger partial charge < -0.3 is 20.6 Å². The lowest BCUT2D eigenvalue weighted by atomic mass is 10.1. The number of carbonyl (C=O) groups is 2. The first-order valence-corrected chi connectivity index (χ1v) is 9.26. The average molecular weight is 392 g/mol. The van der Waals surface area contributed by atoms with Gasteiger partial charge in [0.25, 0.3) is 5.91 Å². The van der Waals surface area contributed by atoms with Crippen LogP contribution >= 0.6 is 0 Å². The Morgan fingerprint density at radius 2 is 1.90 bits per heavy atom. The maximum Gasteiger partial charge on any atom is 0.335 e. The second-order valence-corrected chi connectivity index (χ2v) is 6.33. The maximum absolute atomic E-state index is 12.4. The fraction of sp³-hybridized carbons (Fsp3) is 0.227. The van der Waals surface area contributed by atoms with Crippen LogP contribution in [0.15, 0.2) is 54.2 Å². The first kappa shape index (κ1) is 21.5. The number of benzene rings is 2. The Hall–Kier alpha value is -3.79. The number of carboxylic acids is 1. The molecule has 0 unspecified atom stereocenters. The van der Waals surface area contributed by atoms with Gasteiger partial charge in [-0.15, -0.1) is 0 Å². The van der Waals surface area contributed by atoms with Gasteiger partial charge in [0.05, 0.1) is 5.56 Å². The van der Waals surface area contributed by atoms with Crippen LogP contribution < -0.4 is 15.5 Å². The van der Waals surface area contributed by atoms with E-state index >= 15 is 0 Å². The van der Waals surface area contributed by atoms with Gasteiger partial charge in [0.15, 0.2) is 0 Å². The van der Waals surface area contributed by atoms with Crippen LogP contribution in [0.1, 0.15) is 29.8 Å². The van der Waals surface area contributed by atoms with Crippen molar-refractivity contribution in [3.63, 3.8) is 0 Å². The number of aromatic carboxylic acids is 1. The molecule has 2 aromatic carbocycles. The number of nitrogens with one attached hydrogen (secondary N) is 2. The molecule has 2 rings (SSSR count). The van der Waals surface area contributed by atoms with Gasteiger partial charge in [0, 0.05) is 36.4 Å². The Labute approximate surface area is 170 Å². The normalized spacial score (nSPS) is 10.8. The van der Waals surface area contributed by atoms with Crippen molar-refractivity contribution in [2.75, 3.05) is 28.6 Å². The van der Waals surface area contributed by atoms with Gasteiger partial charge in [-0.2, -0.15) is 5.26 Å². The van der Waals surface area contributed by atoms with Crippen molar-refractivity contribution in [2.45, 2.75) is 20.8 Å². The highest BCUT2D eigenvalue weighted by Gasteiger charge is 2.11. The molecule has 1 amide bonds. The number of amides is 1. The minimum Gasteiger partial charge on any atom is -0.478 e. The van der Waals surface area contributed by atoms with Crippen LogP contribution in [0, 0.1) is 18.3 Å². The average Bonchev–Trinajstić information content (AvgIpc) is 2.71. The Balaban J connectivity index is 2.14. The quantitative estimate of drug-likeness (QED) is 0.463. The monoisotopic (exact) mass is 392 g/mol. The van der Waals surface area contributed by atoms with E-state index in [0.717, 1.165) is 30.0 Å². The summed E-state index contributed by atoms with van der Waals surface area (Å²) in [6, 6.07) is 13.6. The predicted molar refractivity (Wildman–Crippen MR) is 114 cm³/mol. The third-order valence-electron chi connectivity index (χ3n) is 4.44. The zero-order chi connectivity index (χ0) is 21.4. The van der Waals surface area contributed by atoms with Crippen molar-refractivity contribution in [3.05, 3.63) is 65.4 Å². The highest BCUT2D eigenvalue weighted by molar-refractivity contribution is 6.07. The molecule has 0 fully saturated rings. The number of nitrogens with zero attached hydrogens (tertiary/aromatic N) is 2. The number of rotatable bonds is 8. The van der Waals surface area contributed by atoms with Gasteiger partial charge in [-0.05, 0) is 62.7 Å². The van der Waals surface area contributed by atoms with E-state index < -0.39 is 11.9 Å². The van der Waals surface area contributed by atoms with Gasteiger partial charge in [0.1, 0.15) is 11.6 Å². The molecule has 0 saturated carbocycles. The largest absolute Gasteiger partial charge is 0.478 e. The number of hydrogen-bond acceptors (Lipinski definition) is 5. The number of hydrogen-bond donors (Lipinski definition) is 3. The minimum atomic E-state index is -1.09. The van der Waals surface area contributed by atoms with E-state index in [1.54, 1.807) is 6.07 Å². The molecule has 0 aliphatic carbocycles. The van der Waals surface area contributed by atoms with E-state index in [0.29, 0.717) is 5.69 Å². The van der Waals surface area contributed by atoms with Crippen LogP contribution in [0.4, 0.5) is 17.1 Å². The van der Waals surface area contributed by atoms with E-state index in [1.165, 1.54) is 24.4 Å². The molecule has 0 saturated heterocycles. The van der Waals surface area contributed by atoms with Crippen LogP contribution in [0.3, 0.4) is 0 Å². The maximum atomic E-state index is 12.4. The molecule has 0 spiro atoms. The summed E-state index contributed by atoms with van der Waals surface area (Å²) in [5.74, 6) is -1.72. The second-order valence-electron chi connectivity index (χ2n) is 6.33. The van der Waals surface area contributed by atoms with Gasteiger partial charge >= 0.3 is 5.97 Å². The summed E-state index contributed by atoms with van der Waals surface area (Å²) in [7, 11) is 0. The number of anilines is 3. The smallest absolute Gasteiger partial charge is 0.335 e. The summed E-state index contributed by atoms with van der Waals surface area (Å²) in [5.41, 5.74) is 3.10. The van der Waals surface area contributed by atoms with Crippen molar-refractivity contribution in [1.82, 2.24) is 0 Å². The number of aryl methyl sites for hydroxylation is 1. The molecule has 0 bridgehead atoms. The van der Waals surface area contributed by atoms with E-state index in [1.807, 2.05) is 31.2 Å². The van der Waals surface area contributed by atoms with Crippen molar-refractivity contribution in [1.29, 1.82) is 5.26 Å². The molecule has 0 aromatic heterocycles. The van der Waals surface area contributed by atoms with Crippen molar-refractivity contribution in [2.24, 2.45) is 0 Å². The lowest BCUT2D eigenvalue weighted by Crippen LogP contribution is -2.21. The lowest BCUT2D eigenvalue weighted by Gasteiger charge is -2.22. The third-order valence-corrected chi connectivity index (χ3v) is 4.44. The molecule has 0 aliphatic heterocycles. The molecular weight excluding hydrogens is 368 g/mol. The summed E-state index contributed by atoms with van der Waals surface area (Å²) in [6.45, 7) is 7.96. The molecule has 3 N–H and O–H groups in total. The van der Waals surface area contributed by atoms with Gasteiger partial charge in [-0.3, -0.25) is 4.79 Å². The lowest BCUT2D eigenvalue weighted by molar-refractivity contribution is -0.112. The predicted octanol–water partition coefficient (Wildman–Crippen LogP) is 4.00. The zero-order valence-corrected chi connectivity index (χ0v) is 16.7. The summed E-state index contributed by atoms with van der Waals surface area (Å²) < 4.78 is 0. The van der Waals surface area contributed by atoms with Crippen LogP contribution in [0.25, 0.3) is 0 Å². The van der Waals surface area contributed by atoms with Crippen LogP contribution in [0.5, 0.6) is 0 Å². The summed E-state index contributed by atoms with van der Waals surface area (Å²) in [5, 5.41) is 23.9. The van der Waals surface area contributed by atoms with E-state index in [-0.39, 0.29) is 11.1 Å². The first-order valence-electron chi connectivity index (χ1n) is 9.26.